The van der Waals surface area contributed by atoms with Gasteiger partial charge in [0, 0.05) is 16.8 Å². The van der Waals surface area contributed by atoms with Gasteiger partial charge in [0.15, 0.2) is 0 Å². The van der Waals surface area contributed by atoms with Crippen LogP contribution in [0.15, 0.2) is 89.6 Å². The highest BCUT2D eigenvalue weighted by atomic mass is 35.5. The Morgan fingerprint density at radius 3 is 2.32 bits per heavy atom. The molecule has 0 aliphatic carbocycles. The number of quaternary nitrogens is 1. The molecule has 5 rings (SSSR count). The van der Waals surface area contributed by atoms with E-state index in [0.717, 1.165) is 30.1 Å². The molecule has 2 heterocycles. The standard InChI is InChI=1S/C29H27ClN4O3/c1-20-10-12-24(13-11-20)34-28(36)25(30)26(29(34)37)31-23-9-5-8-22(18-23)27(35)33-16-14-32(15-17-33)19-21-6-3-2-4-7-21/h2-13,18,31H,14-17,19H2,1H3/p+1. The smallest absolute Gasteiger partial charge is 0.283 e. The van der Waals surface area contributed by atoms with Crippen molar-refractivity contribution in [2.24, 2.45) is 0 Å². The Hall–Kier alpha value is -3.94. The molecule has 0 unspecified atom stereocenters. The van der Waals surface area contributed by atoms with Crippen LogP contribution in [0.2, 0.25) is 0 Å². The molecular weight excluding hydrogens is 488 g/mol. The highest BCUT2D eigenvalue weighted by Crippen LogP contribution is 2.30. The van der Waals surface area contributed by atoms with Crippen molar-refractivity contribution < 1.29 is 19.3 Å². The largest absolute Gasteiger partial charge is 0.350 e. The average Bonchev–Trinajstić information content (AvgIpc) is 3.13. The minimum absolute atomic E-state index is 0.00466. The van der Waals surface area contributed by atoms with Gasteiger partial charge in [0.05, 0.1) is 31.9 Å². The van der Waals surface area contributed by atoms with Crippen molar-refractivity contribution in [1.29, 1.82) is 0 Å². The number of hydrogen-bond donors (Lipinski definition) is 2. The first-order valence-corrected chi connectivity index (χ1v) is 12.7. The summed E-state index contributed by atoms with van der Waals surface area (Å²) >= 11 is 6.27. The zero-order valence-corrected chi connectivity index (χ0v) is 21.3. The zero-order valence-electron chi connectivity index (χ0n) is 20.5. The molecule has 0 saturated carbocycles. The van der Waals surface area contributed by atoms with Gasteiger partial charge < -0.3 is 15.1 Å². The summed E-state index contributed by atoms with van der Waals surface area (Å²) in [5.41, 5.74) is 3.79. The quantitative estimate of drug-likeness (QED) is 0.495. The Morgan fingerprint density at radius 1 is 0.919 bits per heavy atom. The van der Waals surface area contributed by atoms with Crippen LogP contribution < -0.4 is 15.1 Å². The van der Waals surface area contributed by atoms with Crippen LogP contribution in [0.1, 0.15) is 21.5 Å². The number of rotatable bonds is 6. The summed E-state index contributed by atoms with van der Waals surface area (Å²) in [6.45, 7) is 5.99. The number of benzene rings is 3. The minimum atomic E-state index is -0.582. The topological polar surface area (TPSA) is 74.2 Å². The Morgan fingerprint density at radius 2 is 1.62 bits per heavy atom. The molecule has 0 spiro atoms. The maximum Gasteiger partial charge on any atom is 0.283 e. The van der Waals surface area contributed by atoms with Crippen LogP contribution >= 0.6 is 11.6 Å². The number of halogens is 1. The third kappa shape index (κ3) is 5.28. The number of imide groups is 1. The van der Waals surface area contributed by atoms with Gasteiger partial charge in [-0.3, -0.25) is 14.4 Å². The van der Waals surface area contributed by atoms with E-state index >= 15 is 0 Å². The van der Waals surface area contributed by atoms with Crippen molar-refractivity contribution in [1.82, 2.24) is 4.90 Å². The van der Waals surface area contributed by atoms with Gasteiger partial charge in [-0.15, -0.1) is 0 Å². The third-order valence-electron chi connectivity index (χ3n) is 6.75. The maximum absolute atomic E-state index is 13.2. The van der Waals surface area contributed by atoms with Gasteiger partial charge in [0.2, 0.25) is 0 Å². The molecule has 1 fully saturated rings. The lowest BCUT2D eigenvalue weighted by molar-refractivity contribution is -0.917. The summed E-state index contributed by atoms with van der Waals surface area (Å²) in [7, 11) is 0. The fourth-order valence-electron chi connectivity index (χ4n) is 4.68. The third-order valence-corrected chi connectivity index (χ3v) is 7.10. The second kappa shape index (κ2) is 10.6. The summed E-state index contributed by atoms with van der Waals surface area (Å²) in [6, 6.07) is 24.4. The van der Waals surface area contributed by atoms with E-state index in [9.17, 15) is 14.4 Å². The van der Waals surface area contributed by atoms with Crippen molar-refractivity contribution in [3.8, 4) is 0 Å². The number of amides is 3. The van der Waals surface area contributed by atoms with Crippen LogP contribution in [0, 0.1) is 6.92 Å². The van der Waals surface area contributed by atoms with Crippen molar-refractivity contribution in [3.05, 3.63) is 106 Å². The van der Waals surface area contributed by atoms with Crippen molar-refractivity contribution in [2.75, 3.05) is 36.4 Å². The zero-order chi connectivity index (χ0) is 25.9. The number of nitrogens with zero attached hydrogens (tertiary/aromatic N) is 2. The average molecular weight is 516 g/mol. The molecule has 37 heavy (non-hydrogen) atoms. The molecule has 2 aliphatic heterocycles. The van der Waals surface area contributed by atoms with Gasteiger partial charge in [0.25, 0.3) is 17.7 Å². The molecular formula is C29H28ClN4O3+. The van der Waals surface area contributed by atoms with Gasteiger partial charge in [-0.25, -0.2) is 4.90 Å². The predicted octanol–water partition coefficient (Wildman–Crippen LogP) is 2.97. The van der Waals surface area contributed by atoms with Crippen molar-refractivity contribution in [2.45, 2.75) is 13.5 Å². The van der Waals surface area contributed by atoms with Crippen LogP contribution in [0.3, 0.4) is 0 Å². The fourth-order valence-corrected chi connectivity index (χ4v) is 4.90. The lowest BCUT2D eigenvalue weighted by Gasteiger charge is -2.32. The highest BCUT2D eigenvalue weighted by molar-refractivity contribution is 6.53. The predicted molar refractivity (Wildman–Crippen MR) is 143 cm³/mol. The number of carbonyl (C=O) groups is 3. The maximum atomic E-state index is 13.2. The lowest BCUT2D eigenvalue weighted by atomic mass is 10.1. The Bertz CT molecular complexity index is 1360. The molecule has 0 bridgehead atoms. The molecule has 2 aliphatic rings. The van der Waals surface area contributed by atoms with E-state index in [4.69, 9.17) is 11.6 Å². The number of anilines is 2. The van der Waals surface area contributed by atoms with Crippen LogP contribution in [-0.4, -0.2) is 48.8 Å². The minimum Gasteiger partial charge on any atom is -0.350 e. The number of aryl methyl sites for hydroxylation is 1. The van der Waals surface area contributed by atoms with E-state index in [1.54, 1.807) is 36.4 Å². The monoisotopic (exact) mass is 515 g/mol. The molecule has 8 heteroatoms. The normalized spacial score (nSPS) is 16.5. The number of carbonyl (C=O) groups excluding carboxylic acids is 3. The number of nitrogens with one attached hydrogen (secondary N) is 2. The van der Waals surface area contributed by atoms with E-state index in [1.165, 1.54) is 10.5 Å². The molecule has 0 atom stereocenters. The molecule has 3 aromatic carbocycles. The number of piperazine rings is 1. The van der Waals surface area contributed by atoms with Gasteiger partial charge in [0.1, 0.15) is 17.3 Å². The Labute approximate surface area is 220 Å². The van der Waals surface area contributed by atoms with Crippen molar-refractivity contribution in [3.63, 3.8) is 0 Å². The van der Waals surface area contributed by atoms with E-state index in [-0.39, 0.29) is 16.6 Å². The molecule has 1 saturated heterocycles. The Kier molecular flexibility index (Phi) is 7.08. The summed E-state index contributed by atoms with van der Waals surface area (Å²) in [4.78, 5) is 43.4. The lowest BCUT2D eigenvalue weighted by Crippen LogP contribution is -3.13. The Balaban J connectivity index is 1.24. The molecule has 188 valence electrons. The molecule has 0 aromatic heterocycles. The van der Waals surface area contributed by atoms with Gasteiger partial charge in [-0.05, 0) is 37.3 Å². The van der Waals surface area contributed by atoms with E-state index in [2.05, 4.69) is 17.4 Å². The first-order valence-electron chi connectivity index (χ1n) is 12.3. The second-order valence-electron chi connectivity index (χ2n) is 9.38. The molecule has 0 radical (unpaired) electrons. The number of hydrogen-bond acceptors (Lipinski definition) is 4. The van der Waals surface area contributed by atoms with Gasteiger partial charge in [-0.1, -0.05) is 65.7 Å². The molecule has 3 amide bonds. The van der Waals surface area contributed by atoms with Gasteiger partial charge in [-0.2, -0.15) is 0 Å². The summed E-state index contributed by atoms with van der Waals surface area (Å²) in [6.07, 6.45) is 0. The highest BCUT2D eigenvalue weighted by Gasteiger charge is 2.39. The first kappa shape index (κ1) is 24.7. The van der Waals surface area contributed by atoms with Gasteiger partial charge >= 0.3 is 0 Å². The molecule has 7 nitrogen and oxygen atoms in total. The summed E-state index contributed by atoms with van der Waals surface area (Å²) < 4.78 is 0. The first-order chi connectivity index (χ1) is 17.9. The van der Waals surface area contributed by atoms with E-state index < -0.39 is 11.8 Å². The molecule has 3 aromatic rings. The second-order valence-corrected chi connectivity index (χ2v) is 9.76. The van der Waals surface area contributed by atoms with Crippen LogP contribution in [0.5, 0.6) is 0 Å². The van der Waals surface area contributed by atoms with Crippen molar-refractivity contribution >= 4 is 40.7 Å². The van der Waals surface area contributed by atoms with Crippen LogP contribution in [-0.2, 0) is 16.1 Å². The summed E-state index contributed by atoms with van der Waals surface area (Å²) in [5.74, 6) is -1.17. The SMILES string of the molecule is Cc1ccc(N2C(=O)C(Cl)=C(Nc3cccc(C(=O)N4CC[NH+](Cc5ccccc5)CC4)c3)C2=O)cc1. The van der Waals surface area contributed by atoms with E-state index in [1.807, 2.05) is 42.2 Å². The van der Waals surface area contributed by atoms with E-state index in [0.29, 0.717) is 30.0 Å². The fraction of sp³-hybridized carbons (Fsp3) is 0.207. The van der Waals surface area contributed by atoms with Crippen LogP contribution in [0.4, 0.5) is 11.4 Å². The summed E-state index contributed by atoms with van der Waals surface area (Å²) in [5, 5.41) is 2.79. The molecule has 2 N–H and O–H groups in total. The van der Waals surface area contributed by atoms with Crippen LogP contribution in [0.25, 0.3) is 0 Å².